The highest BCUT2D eigenvalue weighted by Gasteiger charge is 2.41. The molecule has 4 nitrogen and oxygen atoms in total. The van der Waals surface area contributed by atoms with Crippen molar-refractivity contribution in [1.29, 1.82) is 0 Å². The first kappa shape index (κ1) is 14.1. The summed E-state index contributed by atoms with van der Waals surface area (Å²) in [6.07, 6.45) is 1.20. The Morgan fingerprint density at radius 3 is 2.53 bits per heavy atom. The summed E-state index contributed by atoms with van der Waals surface area (Å²) < 4.78 is 0.793. The highest BCUT2D eigenvalue weighted by Crippen LogP contribution is 2.37. The minimum absolute atomic E-state index is 0.205. The highest BCUT2D eigenvalue weighted by molar-refractivity contribution is 9.10. The van der Waals surface area contributed by atoms with Gasteiger partial charge in [-0.25, -0.2) is 0 Å². The molecular formula is C14H16BrNO3. The van der Waals surface area contributed by atoms with Crippen LogP contribution in [0, 0.1) is 17.8 Å². The zero-order valence-corrected chi connectivity index (χ0v) is 12.2. The molecule has 0 heterocycles. The summed E-state index contributed by atoms with van der Waals surface area (Å²) in [6.45, 7) is 1.99. The lowest BCUT2D eigenvalue weighted by Gasteiger charge is -2.16. The Hall–Kier alpha value is -1.36. The van der Waals surface area contributed by atoms with Crippen molar-refractivity contribution in [2.24, 2.45) is 17.8 Å². The fourth-order valence-corrected chi connectivity index (χ4v) is 3.03. The Morgan fingerprint density at radius 1 is 1.26 bits per heavy atom. The van der Waals surface area contributed by atoms with Gasteiger partial charge in [0.1, 0.15) is 0 Å². The predicted octanol–water partition coefficient (Wildman–Crippen LogP) is 3.13. The van der Waals surface area contributed by atoms with Gasteiger partial charge in [0.25, 0.3) is 0 Å². The molecule has 1 aromatic carbocycles. The van der Waals surface area contributed by atoms with E-state index in [1.807, 2.05) is 25.1 Å². The topological polar surface area (TPSA) is 66.4 Å². The lowest BCUT2D eigenvalue weighted by atomic mass is 9.95. The Kier molecular flexibility index (Phi) is 4.24. The van der Waals surface area contributed by atoms with E-state index in [1.54, 1.807) is 6.07 Å². The molecule has 2 rings (SSSR count). The van der Waals surface area contributed by atoms with Gasteiger partial charge in [0.05, 0.1) is 17.5 Å². The van der Waals surface area contributed by atoms with Crippen molar-refractivity contribution in [3.05, 3.63) is 28.7 Å². The number of carboxylic acid groups (broad SMARTS) is 1. The number of hydrogen-bond acceptors (Lipinski definition) is 2. The number of carboxylic acids is 1. The summed E-state index contributed by atoms with van der Waals surface area (Å²) in [4.78, 5) is 23.4. The zero-order chi connectivity index (χ0) is 14.0. The molecule has 102 valence electrons. The lowest BCUT2D eigenvalue weighted by Crippen LogP contribution is -2.30. The number of carbonyl (C=O) groups is 2. The van der Waals surface area contributed by atoms with Crippen LogP contribution in [0.3, 0.4) is 0 Å². The van der Waals surface area contributed by atoms with Crippen molar-refractivity contribution in [3.63, 3.8) is 0 Å². The molecule has 1 aromatic rings. The molecule has 5 heteroatoms. The summed E-state index contributed by atoms with van der Waals surface area (Å²) >= 11 is 3.36. The number of anilines is 1. The van der Waals surface area contributed by atoms with Crippen LogP contribution in [0.5, 0.6) is 0 Å². The molecular weight excluding hydrogens is 310 g/mol. The van der Waals surface area contributed by atoms with E-state index < -0.39 is 17.8 Å². The molecule has 19 heavy (non-hydrogen) atoms. The molecule has 2 N–H and O–H groups in total. The van der Waals surface area contributed by atoms with E-state index in [0.717, 1.165) is 4.47 Å². The maximum atomic E-state index is 12.2. The van der Waals surface area contributed by atoms with E-state index >= 15 is 0 Å². The zero-order valence-electron chi connectivity index (χ0n) is 10.6. The number of halogens is 1. The molecule has 1 fully saturated rings. The van der Waals surface area contributed by atoms with E-state index in [9.17, 15) is 14.7 Å². The van der Waals surface area contributed by atoms with Gasteiger partial charge in [-0.2, -0.15) is 0 Å². The van der Waals surface area contributed by atoms with Gasteiger partial charge in [0.15, 0.2) is 0 Å². The predicted molar refractivity (Wildman–Crippen MR) is 75.8 cm³/mol. The third kappa shape index (κ3) is 3.15. The average molecular weight is 326 g/mol. The van der Waals surface area contributed by atoms with Crippen LogP contribution in [0.4, 0.5) is 5.69 Å². The molecule has 1 aliphatic carbocycles. The van der Waals surface area contributed by atoms with Gasteiger partial charge in [-0.3, -0.25) is 9.59 Å². The van der Waals surface area contributed by atoms with Crippen LogP contribution in [0.1, 0.15) is 19.8 Å². The normalized spacial score (nSPS) is 26.1. The van der Waals surface area contributed by atoms with Gasteiger partial charge in [0, 0.05) is 4.47 Å². The SMILES string of the molecule is CC1C[C@H](C(=O)Nc2ccccc2Br)[C@H](C(=O)O)C1. The average Bonchev–Trinajstić information content (AvgIpc) is 2.74. The monoisotopic (exact) mass is 325 g/mol. The second-order valence-electron chi connectivity index (χ2n) is 5.10. The summed E-state index contributed by atoms with van der Waals surface area (Å²) in [7, 11) is 0. The Bertz CT molecular complexity index is 503. The van der Waals surface area contributed by atoms with E-state index in [-0.39, 0.29) is 11.8 Å². The number of nitrogens with one attached hydrogen (secondary N) is 1. The van der Waals surface area contributed by atoms with Crippen LogP contribution in [0.25, 0.3) is 0 Å². The van der Waals surface area contributed by atoms with Crippen molar-refractivity contribution in [2.45, 2.75) is 19.8 Å². The van der Waals surface area contributed by atoms with E-state index in [4.69, 9.17) is 0 Å². The first-order chi connectivity index (χ1) is 8.99. The molecule has 1 unspecified atom stereocenters. The summed E-state index contributed by atoms with van der Waals surface area (Å²) in [5.41, 5.74) is 0.677. The molecule has 0 aromatic heterocycles. The fourth-order valence-electron chi connectivity index (χ4n) is 2.64. The molecule has 3 atom stereocenters. The maximum Gasteiger partial charge on any atom is 0.307 e. The van der Waals surface area contributed by atoms with Gasteiger partial charge in [-0.05, 0) is 46.8 Å². The molecule has 0 saturated heterocycles. The van der Waals surface area contributed by atoms with E-state index in [1.165, 1.54) is 0 Å². The van der Waals surface area contributed by atoms with E-state index in [0.29, 0.717) is 18.5 Å². The molecule has 0 bridgehead atoms. The van der Waals surface area contributed by atoms with Gasteiger partial charge < -0.3 is 10.4 Å². The quantitative estimate of drug-likeness (QED) is 0.897. The van der Waals surface area contributed by atoms with Gasteiger partial charge in [0.2, 0.25) is 5.91 Å². The smallest absolute Gasteiger partial charge is 0.307 e. The molecule has 0 spiro atoms. The first-order valence-corrected chi connectivity index (χ1v) is 7.06. The second kappa shape index (κ2) is 5.74. The van der Waals surface area contributed by atoms with Gasteiger partial charge >= 0.3 is 5.97 Å². The molecule has 1 aliphatic rings. The summed E-state index contributed by atoms with van der Waals surface area (Å²) in [5.74, 6) is -1.83. The third-order valence-corrected chi connectivity index (χ3v) is 4.28. The number of amides is 1. The number of hydrogen-bond donors (Lipinski definition) is 2. The van der Waals surface area contributed by atoms with Crippen molar-refractivity contribution in [3.8, 4) is 0 Å². The van der Waals surface area contributed by atoms with Crippen LogP contribution in [-0.2, 0) is 9.59 Å². The molecule has 1 saturated carbocycles. The molecule has 1 amide bonds. The summed E-state index contributed by atoms with van der Waals surface area (Å²) in [6, 6.07) is 7.31. The minimum atomic E-state index is -0.878. The highest BCUT2D eigenvalue weighted by atomic mass is 79.9. The first-order valence-electron chi connectivity index (χ1n) is 6.27. The van der Waals surface area contributed by atoms with Crippen molar-refractivity contribution >= 4 is 33.5 Å². The van der Waals surface area contributed by atoms with E-state index in [2.05, 4.69) is 21.2 Å². The Labute approximate surface area is 120 Å². The van der Waals surface area contributed by atoms with Crippen LogP contribution < -0.4 is 5.32 Å². The standard InChI is InChI=1S/C14H16BrNO3/c1-8-6-9(10(7-8)14(18)19)13(17)16-12-5-3-2-4-11(12)15/h2-5,8-10H,6-7H2,1H3,(H,16,17)(H,18,19)/t8?,9-,10+/m0/s1. The number of rotatable bonds is 3. The van der Waals surface area contributed by atoms with Gasteiger partial charge in [-0.1, -0.05) is 19.1 Å². The largest absolute Gasteiger partial charge is 0.481 e. The maximum absolute atomic E-state index is 12.2. The number of aliphatic carboxylic acids is 1. The van der Waals surface area contributed by atoms with Crippen molar-refractivity contribution in [2.75, 3.05) is 5.32 Å². The minimum Gasteiger partial charge on any atom is -0.481 e. The Balaban J connectivity index is 2.11. The third-order valence-electron chi connectivity index (χ3n) is 3.58. The van der Waals surface area contributed by atoms with Crippen molar-refractivity contribution < 1.29 is 14.7 Å². The lowest BCUT2D eigenvalue weighted by molar-refractivity contribution is -0.145. The van der Waals surface area contributed by atoms with Crippen molar-refractivity contribution in [1.82, 2.24) is 0 Å². The second-order valence-corrected chi connectivity index (χ2v) is 5.95. The summed E-state index contributed by atoms with van der Waals surface area (Å²) in [5, 5.41) is 12.0. The van der Waals surface area contributed by atoms with Crippen LogP contribution in [0.15, 0.2) is 28.7 Å². The fraction of sp³-hybridized carbons (Fsp3) is 0.429. The Morgan fingerprint density at radius 2 is 1.89 bits per heavy atom. The number of carbonyl (C=O) groups excluding carboxylic acids is 1. The van der Waals surface area contributed by atoms with Crippen LogP contribution in [-0.4, -0.2) is 17.0 Å². The van der Waals surface area contributed by atoms with Crippen LogP contribution >= 0.6 is 15.9 Å². The molecule has 0 aliphatic heterocycles. The van der Waals surface area contributed by atoms with Crippen LogP contribution in [0.2, 0.25) is 0 Å². The number of benzene rings is 1. The number of para-hydroxylation sites is 1. The molecule has 0 radical (unpaired) electrons. The van der Waals surface area contributed by atoms with Gasteiger partial charge in [-0.15, -0.1) is 0 Å².